The van der Waals surface area contributed by atoms with E-state index < -0.39 is 11.9 Å². The fraction of sp³-hybridized carbons (Fsp3) is 0.0417. The molecule has 1 aliphatic rings. The van der Waals surface area contributed by atoms with Gasteiger partial charge in [-0.25, -0.2) is 14.6 Å². The molecule has 0 aromatic heterocycles. The number of aryl methyl sites for hydroxylation is 1. The van der Waals surface area contributed by atoms with Crippen LogP contribution >= 0.6 is 47.8 Å². The van der Waals surface area contributed by atoms with Crippen LogP contribution in [0.1, 0.15) is 27.0 Å². The van der Waals surface area contributed by atoms with Crippen LogP contribution in [0, 0.1) is 6.92 Å². The maximum absolute atomic E-state index is 12.7. The first-order valence-corrected chi connectivity index (χ1v) is 11.7. The van der Waals surface area contributed by atoms with Gasteiger partial charge in [0.25, 0.3) is 0 Å². The van der Waals surface area contributed by atoms with Gasteiger partial charge in [0.15, 0.2) is 11.4 Å². The van der Waals surface area contributed by atoms with Gasteiger partial charge in [0.1, 0.15) is 0 Å². The predicted octanol–water partition coefficient (Wildman–Crippen LogP) is 6.85. The number of ether oxygens (including phenoxy) is 2. The summed E-state index contributed by atoms with van der Waals surface area (Å²) in [6.07, 6.45) is 1.53. The quantitative estimate of drug-likeness (QED) is 0.182. The molecule has 32 heavy (non-hydrogen) atoms. The summed E-state index contributed by atoms with van der Waals surface area (Å²) < 4.78 is 13.1. The summed E-state index contributed by atoms with van der Waals surface area (Å²) in [5.74, 6) is -0.617. The zero-order chi connectivity index (χ0) is 22.8. The minimum atomic E-state index is -0.581. The van der Waals surface area contributed by atoms with Crippen LogP contribution in [0.4, 0.5) is 0 Å². The molecule has 1 heterocycles. The number of nitrogens with zero attached hydrogens (tertiary/aromatic N) is 1. The normalized spacial score (nSPS) is 14.3. The number of carbonyl (C=O) groups is 2. The van der Waals surface area contributed by atoms with Crippen molar-refractivity contribution in [1.82, 2.24) is 0 Å². The first kappa shape index (κ1) is 22.6. The monoisotopic (exact) mass is 617 g/mol. The van der Waals surface area contributed by atoms with Crippen LogP contribution in [-0.4, -0.2) is 17.8 Å². The van der Waals surface area contributed by atoms with E-state index >= 15 is 0 Å². The maximum atomic E-state index is 12.7. The average Bonchev–Trinajstić information content (AvgIpc) is 3.11. The molecule has 0 bridgehead atoms. The summed E-state index contributed by atoms with van der Waals surface area (Å²) in [4.78, 5) is 29.5. The molecule has 0 unspecified atom stereocenters. The van der Waals surface area contributed by atoms with E-state index in [0.29, 0.717) is 21.2 Å². The van der Waals surface area contributed by atoms with E-state index in [4.69, 9.17) is 9.47 Å². The van der Waals surface area contributed by atoms with Gasteiger partial charge in [0.05, 0.1) is 10.0 Å². The van der Waals surface area contributed by atoms with E-state index in [9.17, 15) is 9.59 Å². The molecule has 0 spiro atoms. The predicted molar refractivity (Wildman–Crippen MR) is 133 cm³/mol. The largest absolute Gasteiger partial charge is 0.421 e. The van der Waals surface area contributed by atoms with E-state index in [1.54, 1.807) is 36.4 Å². The summed E-state index contributed by atoms with van der Waals surface area (Å²) >= 11 is 10.2. The average molecular weight is 620 g/mol. The zero-order valence-corrected chi connectivity index (χ0v) is 21.3. The Morgan fingerprint density at radius 3 is 2.47 bits per heavy atom. The Hall–Kier alpha value is -2.55. The Balaban J connectivity index is 1.70. The fourth-order valence-electron chi connectivity index (χ4n) is 2.99. The molecular formula is C24H14Br3NO4. The van der Waals surface area contributed by atoms with E-state index in [2.05, 4.69) is 52.8 Å². The van der Waals surface area contributed by atoms with Gasteiger partial charge in [-0.1, -0.05) is 49.6 Å². The van der Waals surface area contributed by atoms with Crippen LogP contribution in [-0.2, 0) is 9.53 Å². The van der Waals surface area contributed by atoms with Crippen LogP contribution in [0.25, 0.3) is 6.08 Å². The zero-order valence-electron chi connectivity index (χ0n) is 16.6. The molecule has 1 aliphatic heterocycles. The number of hydrogen-bond donors (Lipinski definition) is 0. The van der Waals surface area contributed by atoms with Gasteiger partial charge in [-0.3, -0.25) is 0 Å². The third-order valence-corrected chi connectivity index (χ3v) is 6.07. The Morgan fingerprint density at radius 1 is 1.00 bits per heavy atom. The van der Waals surface area contributed by atoms with Crippen molar-refractivity contribution in [2.24, 2.45) is 4.99 Å². The van der Waals surface area contributed by atoms with Gasteiger partial charge in [-0.05, 0) is 77.5 Å². The molecule has 0 amide bonds. The molecular weight excluding hydrogens is 606 g/mol. The summed E-state index contributed by atoms with van der Waals surface area (Å²) in [5, 5.41) is 0. The van der Waals surface area contributed by atoms with Crippen LogP contribution in [0.3, 0.4) is 0 Å². The smallest absolute Gasteiger partial charge is 0.363 e. The number of halogens is 3. The van der Waals surface area contributed by atoms with Crippen molar-refractivity contribution < 1.29 is 19.1 Å². The maximum Gasteiger partial charge on any atom is 0.363 e. The second-order valence-electron chi connectivity index (χ2n) is 6.91. The lowest BCUT2D eigenvalue weighted by atomic mass is 10.1. The fourth-order valence-corrected chi connectivity index (χ4v) is 4.59. The summed E-state index contributed by atoms with van der Waals surface area (Å²) in [6.45, 7) is 1.95. The molecule has 0 radical (unpaired) electrons. The first-order valence-electron chi connectivity index (χ1n) is 9.36. The molecule has 3 aromatic carbocycles. The Morgan fingerprint density at radius 2 is 1.75 bits per heavy atom. The molecule has 5 nitrogen and oxygen atoms in total. The molecule has 0 atom stereocenters. The molecule has 0 saturated heterocycles. The Labute approximate surface area is 209 Å². The van der Waals surface area contributed by atoms with Crippen LogP contribution < -0.4 is 4.74 Å². The van der Waals surface area contributed by atoms with Crippen LogP contribution in [0.5, 0.6) is 5.75 Å². The van der Waals surface area contributed by atoms with Crippen molar-refractivity contribution >= 4 is 71.7 Å². The van der Waals surface area contributed by atoms with Crippen molar-refractivity contribution in [2.75, 3.05) is 0 Å². The summed E-state index contributed by atoms with van der Waals surface area (Å²) in [6, 6.07) is 17.8. The number of aliphatic imine (C=N–C) groups is 1. The molecule has 160 valence electrons. The lowest BCUT2D eigenvalue weighted by Gasteiger charge is -2.11. The second-order valence-corrected chi connectivity index (χ2v) is 9.59. The SMILES string of the molecule is Cc1cccc(C2=N/C(=C\c3cc(Br)cc(Br)c3OC(=O)c3ccc(Br)cc3)C(=O)O2)c1. The van der Waals surface area contributed by atoms with Crippen LogP contribution in [0.15, 0.2) is 84.8 Å². The Bertz CT molecular complexity index is 1300. The Kier molecular flexibility index (Phi) is 6.74. The van der Waals surface area contributed by atoms with Gasteiger partial charge in [0, 0.05) is 20.1 Å². The lowest BCUT2D eigenvalue weighted by Crippen LogP contribution is -2.10. The number of benzene rings is 3. The molecule has 8 heteroatoms. The van der Waals surface area contributed by atoms with Crippen molar-refractivity contribution in [3.63, 3.8) is 0 Å². The molecule has 0 N–H and O–H groups in total. The topological polar surface area (TPSA) is 65.0 Å². The van der Waals surface area contributed by atoms with Gasteiger partial charge in [-0.2, -0.15) is 0 Å². The number of cyclic esters (lactones) is 1. The van der Waals surface area contributed by atoms with Gasteiger partial charge in [-0.15, -0.1) is 0 Å². The highest BCUT2D eigenvalue weighted by Crippen LogP contribution is 2.36. The minimum Gasteiger partial charge on any atom is -0.421 e. The van der Waals surface area contributed by atoms with E-state index in [0.717, 1.165) is 14.5 Å². The highest BCUT2D eigenvalue weighted by molar-refractivity contribution is 9.11. The van der Waals surface area contributed by atoms with Gasteiger partial charge in [0.2, 0.25) is 5.90 Å². The number of carbonyl (C=O) groups excluding carboxylic acids is 2. The van der Waals surface area contributed by atoms with Crippen molar-refractivity contribution in [3.8, 4) is 5.75 Å². The molecule has 0 fully saturated rings. The van der Waals surface area contributed by atoms with Gasteiger partial charge < -0.3 is 9.47 Å². The van der Waals surface area contributed by atoms with E-state index in [1.807, 2.05) is 31.2 Å². The molecule has 0 aliphatic carbocycles. The summed E-state index contributed by atoms with van der Waals surface area (Å²) in [5.41, 5.74) is 2.71. The number of rotatable bonds is 4. The number of esters is 2. The van der Waals surface area contributed by atoms with Gasteiger partial charge >= 0.3 is 11.9 Å². The highest BCUT2D eigenvalue weighted by Gasteiger charge is 2.25. The first-order chi connectivity index (χ1) is 15.3. The third kappa shape index (κ3) is 5.09. The summed E-state index contributed by atoms with van der Waals surface area (Å²) in [7, 11) is 0. The standard InChI is InChI=1S/C24H14Br3NO4/c1-13-3-2-4-15(9-13)22-28-20(24(30)32-22)11-16-10-18(26)12-19(27)21(16)31-23(29)14-5-7-17(25)8-6-14/h2-12H,1H3/b20-11-. The van der Waals surface area contributed by atoms with E-state index in [1.165, 1.54) is 6.08 Å². The van der Waals surface area contributed by atoms with Crippen molar-refractivity contribution in [3.05, 3.63) is 102 Å². The molecule has 0 saturated carbocycles. The second kappa shape index (κ2) is 9.52. The van der Waals surface area contributed by atoms with Crippen molar-refractivity contribution in [1.29, 1.82) is 0 Å². The van der Waals surface area contributed by atoms with E-state index in [-0.39, 0.29) is 17.3 Å². The third-order valence-electron chi connectivity index (χ3n) is 4.49. The van der Waals surface area contributed by atoms with Crippen molar-refractivity contribution in [2.45, 2.75) is 6.92 Å². The van der Waals surface area contributed by atoms with Crippen LogP contribution in [0.2, 0.25) is 0 Å². The molecule has 3 aromatic rings. The lowest BCUT2D eigenvalue weighted by molar-refractivity contribution is -0.129. The number of hydrogen-bond acceptors (Lipinski definition) is 5. The molecule has 4 rings (SSSR count). The highest BCUT2D eigenvalue weighted by atomic mass is 79.9. The minimum absolute atomic E-state index is 0.104.